The SMILES string of the molecule is CN(C)CCCO.NCP(=O)(O)O. The molecule has 0 aliphatic rings. The lowest BCUT2D eigenvalue weighted by Crippen LogP contribution is -2.13. The molecule has 5 N–H and O–H groups in total. The molecule has 0 heterocycles. The van der Waals surface area contributed by atoms with Crippen LogP contribution < -0.4 is 5.73 Å². The maximum absolute atomic E-state index is 9.57. The minimum Gasteiger partial charge on any atom is -0.396 e. The molecule has 0 aromatic carbocycles. The van der Waals surface area contributed by atoms with Crippen LogP contribution in [0.1, 0.15) is 6.42 Å². The van der Waals surface area contributed by atoms with E-state index in [2.05, 4.69) is 10.6 Å². The monoisotopic (exact) mass is 214 g/mol. The smallest absolute Gasteiger partial charge is 0.338 e. The van der Waals surface area contributed by atoms with Crippen LogP contribution in [0, 0.1) is 0 Å². The van der Waals surface area contributed by atoms with Gasteiger partial charge in [0.05, 0.1) is 6.29 Å². The molecule has 0 aliphatic heterocycles. The Hall–Kier alpha value is 0.0300. The molecule has 6 nitrogen and oxygen atoms in total. The highest BCUT2D eigenvalue weighted by Gasteiger charge is 2.05. The second-order valence-electron chi connectivity index (χ2n) is 2.73. The van der Waals surface area contributed by atoms with Crippen molar-refractivity contribution in [3.8, 4) is 0 Å². The number of aliphatic hydroxyl groups excluding tert-OH is 1. The van der Waals surface area contributed by atoms with E-state index in [1.165, 1.54) is 0 Å². The lowest BCUT2D eigenvalue weighted by atomic mass is 10.4. The molecule has 0 saturated heterocycles. The van der Waals surface area contributed by atoms with Crippen molar-refractivity contribution >= 4 is 7.60 Å². The number of nitrogens with zero attached hydrogens (tertiary/aromatic N) is 1. The predicted molar refractivity (Wildman–Crippen MR) is 51.4 cm³/mol. The summed E-state index contributed by atoms with van der Waals surface area (Å²) < 4.78 is 9.57. The Morgan fingerprint density at radius 2 is 1.77 bits per heavy atom. The Morgan fingerprint density at radius 3 is 1.85 bits per heavy atom. The molecule has 0 spiro atoms. The van der Waals surface area contributed by atoms with Gasteiger partial charge in [0.15, 0.2) is 0 Å². The van der Waals surface area contributed by atoms with Crippen molar-refractivity contribution in [2.45, 2.75) is 6.42 Å². The molecular formula is C6H19N2O4P. The molecule has 0 fully saturated rings. The Morgan fingerprint density at radius 1 is 1.38 bits per heavy atom. The molecule has 0 aromatic heterocycles. The van der Waals surface area contributed by atoms with Crippen molar-refractivity contribution in [3.05, 3.63) is 0 Å². The first-order valence-corrected chi connectivity index (χ1v) is 5.63. The van der Waals surface area contributed by atoms with Crippen LogP contribution in [0.25, 0.3) is 0 Å². The molecule has 82 valence electrons. The van der Waals surface area contributed by atoms with Gasteiger partial charge in [-0.15, -0.1) is 0 Å². The summed E-state index contributed by atoms with van der Waals surface area (Å²) in [6.45, 7) is 1.29. The number of hydrogen-bond acceptors (Lipinski definition) is 4. The van der Waals surface area contributed by atoms with Gasteiger partial charge in [0, 0.05) is 6.61 Å². The molecule has 0 saturated carbocycles. The van der Waals surface area contributed by atoms with Crippen LogP contribution in [0.15, 0.2) is 0 Å². The summed E-state index contributed by atoms with van der Waals surface area (Å²) in [4.78, 5) is 17.7. The van der Waals surface area contributed by atoms with Gasteiger partial charge in [0.25, 0.3) is 0 Å². The van der Waals surface area contributed by atoms with E-state index in [0.717, 1.165) is 13.0 Å². The van der Waals surface area contributed by atoms with Gasteiger partial charge in [-0.2, -0.15) is 0 Å². The molecule has 7 heteroatoms. The molecule has 0 atom stereocenters. The van der Waals surface area contributed by atoms with Gasteiger partial charge in [0.1, 0.15) is 0 Å². The second-order valence-corrected chi connectivity index (χ2v) is 4.42. The Bertz CT molecular complexity index is 148. The third-order valence-corrected chi connectivity index (χ3v) is 1.48. The molecule has 0 radical (unpaired) electrons. The molecule has 0 rings (SSSR count). The van der Waals surface area contributed by atoms with Gasteiger partial charge in [-0.25, -0.2) is 0 Å². The quantitative estimate of drug-likeness (QED) is 0.448. The van der Waals surface area contributed by atoms with Crippen LogP contribution in [0.2, 0.25) is 0 Å². The Balaban J connectivity index is 0. The minimum absolute atomic E-state index is 0.304. The number of nitrogens with two attached hydrogens (primary N) is 1. The summed E-state index contributed by atoms with van der Waals surface area (Å²) in [5, 5.41) is 8.29. The largest absolute Gasteiger partial charge is 0.396 e. The summed E-state index contributed by atoms with van der Waals surface area (Å²) in [5.74, 6) is 0. The van der Waals surface area contributed by atoms with E-state index >= 15 is 0 Å². The number of hydrogen-bond donors (Lipinski definition) is 4. The van der Waals surface area contributed by atoms with E-state index < -0.39 is 13.9 Å². The average molecular weight is 214 g/mol. The van der Waals surface area contributed by atoms with Crippen molar-refractivity contribution in [1.29, 1.82) is 0 Å². The van der Waals surface area contributed by atoms with E-state index in [4.69, 9.17) is 14.9 Å². The fourth-order valence-corrected chi connectivity index (χ4v) is 0.387. The maximum atomic E-state index is 9.57. The van der Waals surface area contributed by atoms with Gasteiger partial charge in [-0.3, -0.25) is 4.57 Å². The van der Waals surface area contributed by atoms with Crippen LogP contribution in [-0.2, 0) is 4.57 Å². The van der Waals surface area contributed by atoms with Crippen LogP contribution in [0.3, 0.4) is 0 Å². The molecule has 0 amide bonds. The van der Waals surface area contributed by atoms with Crippen LogP contribution in [-0.4, -0.2) is 53.3 Å². The minimum atomic E-state index is -3.87. The van der Waals surface area contributed by atoms with Crippen molar-refractivity contribution in [1.82, 2.24) is 4.90 Å². The van der Waals surface area contributed by atoms with Gasteiger partial charge in [0.2, 0.25) is 0 Å². The van der Waals surface area contributed by atoms with E-state index in [1.807, 2.05) is 14.1 Å². The Kier molecular flexibility index (Phi) is 10.3. The number of aliphatic hydroxyl groups is 1. The van der Waals surface area contributed by atoms with Crippen molar-refractivity contribution in [2.75, 3.05) is 33.5 Å². The zero-order valence-corrected chi connectivity index (χ0v) is 8.94. The van der Waals surface area contributed by atoms with Gasteiger partial charge in [-0.05, 0) is 27.1 Å². The van der Waals surface area contributed by atoms with Gasteiger partial charge >= 0.3 is 7.60 Å². The number of rotatable bonds is 4. The van der Waals surface area contributed by atoms with Crippen LogP contribution in [0.5, 0.6) is 0 Å². The summed E-state index contributed by atoms with van der Waals surface area (Å²) in [5.41, 5.74) is 4.54. The van der Waals surface area contributed by atoms with Crippen LogP contribution >= 0.6 is 7.60 Å². The third kappa shape index (κ3) is 24.5. The summed E-state index contributed by atoms with van der Waals surface area (Å²) in [6.07, 6.45) is 0.319. The first-order valence-electron chi connectivity index (χ1n) is 3.83. The molecule has 0 unspecified atom stereocenters. The summed E-state index contributed by atoms with van der Waals surface area (Å²) in [7, 11) is 0.123. The highest BCUT2D eigenvalue weighted by atomic mass is 31.2. The first-order chi connectivity index (χ1) is 5.83. The standard InChI is InChI=1S/C5H13NO.CH6NO3P/c1-6(2)4-3-5-7;2-1-6(3,4)5/h7H,3-5H2,1-2H3;1-2H2,(H2,3,4,5). The molecule has 0 bridgehead atoms. The van der Waals surface area contributed by atoms with Crippen molar-refractivity contribution in [3.63, 3.8) is 0 Å². The molecule has 0 aromatic rings. The first kappa shape index (κ1) is 15.5. The lowest BCUT2D eigenvalue weighted by molar-refractivity contribution is 0.263. The van der Waals surface area contributed by atoms with E-state index in [1.54, 1.807) is 0 Å². The zero-order chi connectivity index (χ0) is 10.9. The van der Waals surface area contributed by atoms with Crippen molar-refractivity contribution in [2.24, 2.45) is 5.73 Å². The van der Waals surface area contributed by atoms with Gasteiger partial charge < -0.3 is 25.5 Å². The summed E-state index contributed by atoms with van der Waals surface area (Å²) >= 11 is 0. The van der Waals surface area contributed by atoms with Gasteiger partial charge in [-0.1, -0.05) is 0 Å². The predicted octanol–water partition coefficient (Wildman–Crippen LogP) is -0.989. The summed E-state index contributed by atoms with van der Waals surface area (Å²) in [6, 6.07) is 0. The Labute approximate surface area is 78.5 Å². The zero-order valence-electron chi connectivity index (χ0n) is 8.05. The topological polar surface area (TPSA) is 107 Å². The normalized spacial score (nSPS) is 11.0. The van der Waals surface area contributed by atoms with Crippen molar-refractivity contribution < 1.29 is 19.5 Å². The highest BCUT2D eigenvalue weighted by molar-refractivity contribution is 7.51. The van der Waals surface area contributed by atoms with E-state index in [9.17, 15) is 4.57 Å². The fraction of sp³-hybridized carbons (Fsp3) is 1.00. The molecule has 0 aliphatic carbocycles. The molecule has 13 heavy (non-hydrogen) atoms. The second kappa shape index (κ2) is 8.62. The third-order valence-electron chi connectivity index (χ3n) is 1.00. The van der Waals surface area contributed by atoms with E-state index in [0.29, 0.717) is 6.61 Å². The van der Waals surface area contributed by atoms with E-state index in [-0.39, 0.29) is 0 Å². The maximum Gasteiger partial charge on any atom is 0.338 e. The fourth-order valence-electron chi connectivity index (χ4n) is 0.387. The average Bonchev–Trinajstić information content (AvgIpc) is 2.01. The molecular weight excluding hydrogens is 195 g/mol. The lowest BCUT2D eigenvalue weighted by Gasteiger charge is -2.05. The van der Waals surface area contributed by atoms with Crippen LogP contribution in [0.4, 0.5) is 0 Å². The highest BCUT2D eigenvalue weighted by Crippen LogP contribution is 2.30.